The van der Waals surface area contributed by atoms with Gasteiger partial charge in [0.1, 0.15) is 6.04 Å². The summed E-state index contributed by atoms with van der Waals surface area (Å²) in [6, 6.07) is 19.3. The summed E-state index contributed by atoms with van der Waals surface area (Å²) in [6.07, 6.45) is -0.590. The Kier molecular flexibility index (Phi) is 9.40. The van der Waals surface area contributed by atoms with E-state index in [1.54, 1.807) is 0 Å². The van der Waals surface area contributed by atoms with E-state index in [4.69, 9.17) is 9.16 Å². The molecule has 1 amide bonds. The van der Waals surface area contributed by atoms with Crippen LogP contribution in [0.15, 0.2) is 60.7 Å². The van der Waals surface area contributed by atoms with Crippen molar-refractivity contribution in [3.63, 3.8) is 0 Å². The summed E-state index contributed by atoms with van der Waals surface area (Å²) in [5.41, 5.74) is 0. The molecule has 6 nitrogen and oxygen atoms in total. The van der Waals surface area contributed by atoms with Crippen LogP contribution in [0.25, 0.3) is 0 Å². The van der Waals surface area contributed by atoms with Gasteiger partial charge >= 0.3 is 5.97 Å². The number of aliphatic carboxylic acids is 1. The van der Waals surface area contributed by atoms with E-state index in [-0.39, 0.29) is 17.6 Å². The number of rotatable bonds is 11. The zero-order valence-corrected chi connectivity index (χ0v) is 21.5. The van der Waals surface area contributed by atoms with Gasteiger partial charge in [-0.3, -0.25) is 4.79 Å². The number of amides is 1. The molecular formula is C26H37NO5Si. The molecule has 0 heterocycles. The van der Waals surface area contributed by atoms with Crippen LogP contribution in [0.4, 0.5) is 0 Å². The fourth-order valence-corrected chi connectivity index (χ4v) is 8.73. The summed E-state index contributed by atoms with van der Waals surface area (Å²) in [5.74, 6) is -1.41. The van der Waals surface area contributed by atoms with Crippen molar-refractivity contribution in [2.75, 3.05) is 13.7 Å². The fourth-order valence-electron chi connectivity index (χ4n) is 4.17. The first kappa shape index (κ1) is 26.8. The molecule has 2 aromatic rings. The molecule has 0 radical (unpaired) electrons. The number of benzene rings is 2. The second-order valence-corrected chi connectivity index (χ2v) is 14.0. The molecule has 0 aliphatic rings. The van der Waals surface area contributed by atoms with Crippen LogP contribution in [0.1, 0.15) is 41.0 Å². The van der Waals surface area contributed by atoms with Gasteiger partial charge in [-0.1, -0.05) is 95.3 Å². The maximum Gasteiger partial charge on any atom is 0.326 e. The molecule has 2 atom stereocenters. The van der Waals surface area contributed by atoms with Gasteiger partial charge in [0, 0.05) is 7.11 Å². The van der Waals surface area contributed by atoms with E-state index in [0.717, 1.165) is 10.4 Å². The summed E-state index contributed by atoms with van der Waals surface area (Å²) in [7, 11) is -1.40. The first-order valence-electron chi connectivity index (χ1n) is 11.3. The highest BCUT2D eigenvalue weighted by atomic mass is 28.4. The Morgan fingerprint density at radius 2 is 1.45 bits per heavy atom. The molecule has 180 valence electrons. The third-order valence-corrected chi connectivity index (χ3v) is 10.8. The number of hydrogen-bond acceptors (Lipinski definition) is 4. The smallest absolute Gasteiger partial charge is 0.326 e. The van der Waals surface area contributed by atoms with Gasteiger partial charge in [-0.05, 0) is 27.8 Å². The lowest BCUT2D eigenvalue weighted by Crippen LogP contribution is -2.67. The van der Waals surface area contributed by atoms with Gasteiger partial charge in [0.05, 0.1) is 6.61 Å². The minimum atomic E-state index is -2.84. The number of carboxylic acid groups (broad SMARTS) is 1. The maximum atomic E-state index is 12.9. The third kappa shape index (κ3) is 6.53. The van der Waals surface area contributed by atoms with Crippen LogP contribution in [0.2, 0.25) is 5.04 Å². The maximum absolute atomic E-state index is 12.9. The van der Waals surface area contributed by atoms with Gasteiger partial charge < -0.3 is 19.6 Å². The molecule has 0 unspecified atom stereocenters. The van der Waals surface area contributed by atoms with Crippen LogP contribution in [0, 0.1) is 5.92 Å². The van der Waals surface area contributed by atoms with Crippen molar-refractivity contribution in [2.24, 2.45) is 5.92 Å². The van der Waals surface area contributed by atoms with Crippen LogP contribution in [-0.2, 0) is 18.8 Å². The number of nitrogens with one attached hydrogen (secondary N) is 1. The standard InChI is InChI=1S/C26H37NO5Si/c1-19(2)17-22(25(29)30)27-24(28)23(31-6)18-32-33(26(3,4)5,20-13-9-7-10-14-20)21-15-11-8-12-16-21/h7-16,19,22-23H,17-18H2,1-6H3,(H,27,28)(H,29,30)/t22-,23-/m1/s1. The van der Waals surface area contributed by atoms with E-state index >= 15 is 0 Å². The van der Waals surface area contributed by atoms with Crippen LogP contribution < -0.4 is 15.7 Å². The first-order valence-corrected chi connectivity index (χ1v) is 13.2. The summed E-state index contributed by atoms with van der Waals surface area (Å²) in [4.78, 5) is 24.6. The van der Waals surface area contributed by atoms with Gasteiger partial charge in [0.2, 0.25) is 0 Å². The Hall–Kier alpha value is -2.48. The van der Waals surface area contributed by atoms with Gasteiger partial charge in [-0.2, -0.15) is 0 Å². The summed E-state index contributed by atoms with van der Waals surface area (Å²) in [5, 5.41) is 14.1. The highest BCUT2D eigenvalue weighted by Gasteiger charge is 2.50. The van der Waals surface area contributed by atoms with Crippen LogP contribution in [0.3, 0.4) is 0 Å². The van der Waals surface area contributed by atoms with E-state index in [2.05, 4.69) is 50.4 Å². The number of carboxylic acids is 1. The normalized spacial score (nSPS) is 14.0. The van der Waals surface area contributed by atoms with E-state index < -0.39 is 32.3 Å². The van der Waals surface area contributed by atoms with Crippen molar-refractivity contribution < 1.29 is 23.9 Å². The Labute approximate surface area is 198 Å². The molecule has 33 heavy (non-hydrogen) atoms. The van der Waals surface area contributed by atoms with Gasteiger partial charge in [0.15, 0.2) is 6.10 Å². The average molecular weight is 472 g/mol. The first-order chi connectivity index (χ1) is 15.5. The molecule has 2 rings (SSSR count). The monoisotopic (exact) mass is 471 g/mol. The molecular weight excluding hydrogens is 434 g/mol. The molecule has 2 N–H and O–H groups in total. The second kappa shape index (κ2) is 11.6. The van der Waals surface area contributed by atoms with Crippen LogP contribution in [0.5, 0.6) is 0 Å². The molecule has 0 aliphatic heterocycles. The Balaban J connectivity index is 2.38. The van der Waals surface area contributed by atoms with E-state index in [9.17, 15) is 14.7 Å². The van der Waals surface area contributed by atoms with Crippen molar-refractivity contribution in [1.82, 2.24) is 5.32 Å². The van der Waals surface area contributed by atoms with Crippen molar-refractivity contribution in [2.45, 2.75) is 58.2 Å². The van der Waals surface area contributed by atoms with Gasteiger partial charge in [-0.25, -0.2) is 4.79 Å². The number of ether oxygens (including phenoxy) is 1. The fraction of sp³-hybridized carbons (Fsp3) is 0.462. The molecule has 7 heteroatoms. The van der Waals surface area contributed by atoms with E-state index in [1.807, 2.05) is 50.2 Å². The number of methoxy groups -OCH3 is 1. The number of carbonyl (C=O) groups is 2. The largest absolute Gasteiger partial charge is 0.480 e. The summed E-state index contributed by atoms with van der Waals surface area (Å²) < 4.78 is 12.2. The quantitative estimate of drug-likeness (QED) is 0.492. The SMILES string of the molecule is CO[C@H](CO[Si](c1ccccc1)(c1ccccc1)C(C)(C)C)C(=O)N[C@H](CC(C)C)C(=O)O. The molecule has 0 bridgehead atoms. The van der Waals surface area contributed by atoms with E-state index in [0.29, 0.717) is 6.42 Å². The second-order valence-electron chi connectivity index (χ2n) is 9.73. The molecule has 0 saturated carbocycles. The average Bonchev–Trinajstić information content (AvgIpc) is 2.76. The highest BCUT2D eigenvalue weighted by molar-refractivity contribution is 6.99. The zero-order valence-electron chi connectivity index (χ0n) is 20.5. The highest BCUT2D eigenvalue weighted by Crippen LogP contribution is 2.36. The topological polar surface area (TPSA) is 84.9 Å². The lowest BCUT2D eigenvalue weighted by molar-refractivity contribution is -0.145. The molecule has 0 saturated heterocycles. The van der Waals surface area contributed by atoms with Crippen LogP contribution in [-0.4, -0.2) is 51.2 Å². The molecule has 0 fully saturated rings. The Bertz CT molecular complexity index is 856. The minimum Gasteiger partial charge on any atom is -0.480 e. The van der Waals surface area contributed by atoms with Crippen molar-refractivity contribution >= 4 is 30.6 Å². The van der Waals surface area contributed by atoms with Crippen molar-refractivity contribution in [3.05, 3.63) is 60.7 Å². The summed E-state index contributed by atoms with van der Waals surface area (Å²) >= 11 is 0. The predicted octanol–water partition coefficient (Wildman–Crippen LogP) is 3.19. The molecule has 2 aromatic carbocycles. The van der Waals surface area contributed by atoms with Crippen LogP contribution >= 0.6 is 0 Å². The number of carbonyl (C=O) groups excluding carboxylic acids is 1. The minimum absolute atomic E-state index is 0.0175. The zero-order chi connectivity index (χ0) is 24.6. The summed E-state index contributed by atoms with van der Waals surface area (Å²) in [6.45, 7) is 10.3. The predicted molar refractivity (Wildman–Crippen MR) is 133 cm³/mol. The molecule has 0 spiro atoms. The van der Waals surface area contributed by atoms with E-state index in [1.165, 1.54) is 7.11 Å². The van der Waals surface area contributed by atoms with Gasteiger partial charge in [0.25, 0.3) is 14.2 Å². The van der Waals surface area contributed by atoms with Gasteiger partial charge in [-0.15, -0.1) is 0 Å². The lowest BCUT2D eigenvalue weighted by atomic mass is 10.0. The van der Waals surface area contributed by atoms with Crippen molar-refractivity contribution in [3.8, 4) is 0 Å². The molecule has 0 aliphatic carbocycles. The Morgan fingerprint density at radius 3 is 1.82 bits per heavy atom. The van der Waals surface area contributed by atoms with Crippen molar-refractivity contribution in [1.29, 1.82) is 0 Å². The molecule has 0 aromatic heterocycles. The third-order valence-electron chi connectivity index (χ3n) is 5.77. The lowest BCUT2D eigenvalue weighted by Gasteiger charge is -2.43. The Morgan fingerprint density at radius 1 is 0.970 bits per heavy atom. The number of hydrogen-bond donors (Lipinski definition) is 2.